The highest BCUT2D eigenvalue weighted by molar-refractivity contribution is 5.20. The minimum atomic E-state index is 0.316. The molecule has 122 valence electrons. The number of hydrogen-bond acceptors (Lipinski definition) is 5. The summed E-state index contributed by atoms with van der Waals surface area (Å²) in [6.07, 6.45) is 3.39. The van der Waals surface area contributed by atoms with Crippen LogP contribution in [0.1, 0.15) is 48.4 Å². The number of ether oxygens (including phenoxy) is 1. The first-order chi connectivity index (χ1) is 11.4. The van der Waals surface area contributed by atoms with Gasteiger partial charge in [0.1, 0.15) is 0 Å². The molecule has 5 heteroatoms. The minimum Gasteiger partial charge on any atom is -0.381 e. The number of aromatic nitrogens is 2. The van der Waals surface area contributed by atoms with Gasteiger partial charge in [-0.1, -0.05) is 35.5 Å². The summed E-state index contributed by atoms with van der Waals surface area (Å²) in [5, 5.41) is 4.13. The van der Waals surface area contributed by atoms with Crippen LogP contribution in [0.5, 0.6) is 0 Å². The summed E-state index contributed by atoms with van der Waals surface area (Å²) in [7, 11) is 0. The number of hydrogen-bond donors (Lipinski definition) is 0. The zero-order valence-electron chi connectivity index (χ0n) is 13.4. The highest BCUT2D eigenvalue weighted by Gasteiger charge is 2.25. The fraction of sp³-hybridized carbons (Fsp3) is 0.556. The smallest absolute Gasteiger partial charge is 0.240 e. The van der Waals surface area contributed by atoms with Crippen molar-refractivity contribution in [2.45, 2.75) is 37.6 Å². The fourth-order valence-electron chi connectivity index (χ4n) is 3.58. The standard InChI is InChI=1S/C18H23N3O2/c1-2-4-14(5-3-1)15-6-9-21(10-7-15)12-17-19-18(20-23-17)16-8-11-22-13-16/h1-5,15-16H,6-13H2/t16-/m1/s1. The van der Waals surface area contributed by atoms with E-state index in [4.69, 9.17) is 9.26 Å². The summed E-state index contributed by atoms with van der Waals surface area (Å²) in [6.45, 7) is 4.47. The Balaban J connectivity index is 1.31. The van der Waals surface area contributed by atoms with Gasteiger partial charge in [0.2, 0.25) is 5.89 Å². The van der Waals surface area contributed by atoms with E-state index in [0.717, 1.165) is 51.0 Å². The molecule has 2 fully saturated rings. The van der Waals surface area contributed by atoms with E-state index < -0.39 is 0 Å². The third kappa shape index (κ3) is 3.46. The summed E-state index contributed by atoms with van der Waals surface area (Å²) >= 11 is 0. The minimum absolute atomic E-state index is 0.316. The number of likely N-dealkylation sites (tertiary alicyclic amines) is 1. The van der Waals surface area contributed by atoms with Crippen molar-refractivity contribution in [1.82, 2.24) is 15.0 Å². The Hall–Kier alpha value is -1.72. The zero-order valence-corrected chi connectivity index (χ0v) is 13.4. The second-order valence-corrected chi connectivity index (χ2v) is 6.57. The van der Waals surface area contributed by atoms with Gasteiger partial charge in [0, 0.05) is 12.5 Å². The van der Waals surface area contributed by atoms with Crippen molar-refractivity contribution in [2.24, 2.45) is 0 Å². The summed E-state index contributed by atoms with van der Waals surface area (Å²) in [5.74, 6) is 2.55. The third-order valence-corrected chi connectivity index (χ3v) is 5.00. The van der Waals surface area contributed by atoms with E-state index in [1.807, 2.05) is 0 Å². The van der Waals surface area contributed by atoms with Crippen LogP contribution in [0.25, 0.3) is 0 Å². The molecule has 0 aliphatic carbocycles. The Bertz CT molecular complexity index is 614. The molecule has 5 nitrogen and oxygen atoms in total. The summed E-state index contributed by atoms with van der Waals surface area (Å²) in [6, 6.07) is 10.8. The van der Waals surface area contributed by atoms with Crippen LogP contribution in [0.4, 0.5) is 0 Å². The Morgan fingerprint density at radius 2 is 1.87 bits per heavy atom. The van der Waals surface area contributed by atoms with Crippen molar-refractivity contribution in [1.29, 1.82) is 0 Å². The lowest BCUT2D eigenvalue weighted by Crippen LogP contribution is -2.32. The lowest BCUT2D eigenvalue weighted by atomic mass is 9.89. The first-order valence-electron chi connectivity index (χ1n) is 8.56. The van der Waals surface area contributed by atoms with E-state index in [0.29, 0.717) is 11.8 Å². The Kier molecular flexibility index (Phi) is 4.39. The summed E-state index contributed by atoms with van der Waals surface area (Å²) < 4.78 is 10.8. The average molecular weight is 313 g/mol. The molecule has 23 heavy (non-hydrogen) atoms. The first-order valence-corrected chi connectivity index (χ1v) is 8.56. The van der Waals surface area contributed by atoms with Crippen LogP contribution in [0, 0.1) is 0 Å². The number of benzene rings is 1. The summed E-state index contributed by atoms with van der Waals surface area (Å²) in [5.41, 5.74) is 1.47. The predicted octanol–water partition coefficient (Wildman–Crippen LogP) is 2.95. The Labute approximate surface area is 136 Å². The molecule has 2 saturated heterocycles. The highest BCUT2D eigenvalue weighted by atomic mass is 16.5. The van der Waals surface area contributed by atoms with E-state index >= 15 is 0 Å². The Morgan fingerprint density at radius 1 is 1.04 bits per heavy atom. The van der Waals surface area contributed by atoms with Crippen molar-refractivity contribution < 1.29 is 9.26 Å². The van der Waals surface area contributed by atoms with Gasteiger partial charge in [-0.15, -0.1) is 0 Å². The molecular weight excluding hydrogens is 290 g/mol. The van der Waals surface area contributed by atoms with E-state index in [-0.39, 0.29) is 0 Å². The number of nitrogens with zero attached hydrogens (tertiary/aromatic N) is 3. The molecule has 0 N–H and O–H groups in total. The highest BCUT2D eigenvalue weighted by Crippen LogP contribution is 2.28. The second kappa shape index (κ2) is 6.81. The van der Waals surface area contributed by atoms with E-state index in [9.17, 15) is 0 Å². The molecule has 0 bridgehead atoms. The zero-order chi connectivity index (χ0) is 15.5. The molecule has 1 atom stereocenters. The molecule has 0 unspecified atom stereocenters. The van der Waals surface area contributed by atoms with E-state index in [2.05, 4.69) is 45.4 Å². The van der Waals surface area contributed by atoms with Crippen LogP contribution in [0.3, 0.4) is 0 Å². The molecule has 2 aliphatic heterocycles. The van der Waals surface area contributed by atoms with Crippen LogP contribution < -0.4 is 0 Å². The molecule has 2 aromatic rings. The number of rotatable bonds is 4. The average Bonchev–Trinajstić information content (AvgIpc) is 3.28. The Morgan fingerprint density at radius 3 is 2.61 bits per heavy atom. The maximum atomic E-state index is 5.43. The third-order valence-electron chi connectivity index (χ3n) is 5.00. The maximum absolute atomic E-state index is 5.43. The SMILES string of the molecule is c1ccc(C2CCN(Cc3nc([C@@H]4CCOC4)no3)CC2)cc1. The molecule has 3 heterocycles. The van der Waals surface area contributed by atoms with Crippen LogP contribution in [-0.2, 0) is 11.3 Å². The molecule has 2 aliphatic rings. The predicted molar refractivity (Wildman–Crippen MR) is 86.2 cm³/mol. The van der Waals surface area contributed by atoms with Crippen LogP contribution in [0.15, 0.2) is 34.9 Å². The van der Waals surface area contributed by atoms with Crippen LogP contribution in [-0.4, -0.2) is 41.3 Å². The lowest BCUT2D eigenvalue weighted by molar-refractivity contribution is 0.180. The fourth-order valence-corrected chi connectivity index (χ4v) is 3.58. The summed E-state index contributed by atoms with van der Waals surface area (Å²) in [4.78, 5) is 6.98. The molecule has 1 aromatic heterocycles. The first kappa shape index (κ1) is 14.8. The van der Waals surface area contributed by atoms with Gasteiger partial charge >= 0.3 is 0 Å². The van der Waals surface area contributed by atoms with Crippen molar-refractivity contribution in [2.75, 3.05) is 26.3 Å². The van der Waals surface area contributed by atoms with Crippen molar-refractivity contribution in [3.63, 3.8) is 0 Å². The molecule has 1 aromatic carbocycles. The van der Waals surface area contributed by atoms with Gasteiger partial charge in [0.25, 0.3) is 0 Å². The van der Waals surface area contributed by atoms with Gasteiger partial charge in [-0.25, -0.2) is 0 Å². The van der Waals surface area contributed by atoms with Gasteiger partial charge in [-0.05, 0) is 43.8 Å². The van der Waals surface area contributed by atoms with E-state index in [1.54, 1.807) is 0 Å². The topological polar surface area (TPSA) is 51.4 Å². The normalized spacial score (nSPS) is 23.4. The molecule has 0 amide bonds. The van der Waals surface area contributed by atoms with Gasteiger partial charge in [0.05, 0.1) is 13.2 Å². The van der Waals surface area contributed by atoms with Gasteiger partial charge in [-0.2, -0.15) is 4.98 Å². The molecule has 4 rings (SSSR count). The van der Waals surface area contributed by atoms with Crippen molar-refractivity contribution in [3.8, 4) is 0 Å². The molecule has 0 spiro atoms. The molecule has 0 radical (unpaired) electrons. The monoisotopic (exact) mass is 313 g/mol. The van der Waals surface area contributed by atoms with Crippen molar-refractivity contribution >= 4 is 0 Å². The van der Waals surface area contributed by atoms with E-state index in [1.165, 1.54) is 18.4 Å². The van der Waals surface area contributed by atoms with Gasteiger partial charge in [-0.3, -0.25) is 4.90 Å². The van der Waals surface area contributed by atoms with Crippen LogP contribution >= 0.6 is 0 Å². The van der Waals surface area contributed by atoms with Crippen molar-refractivity contribution in [3.05, 3.63) is 47.6 Å². The lowest BCUT2D eigenvalue weighted by Gasteiger charge is -2.31. The molecular formula is C18H23N3O2. The van der Waals surface area contributed by atoms with Crippen LogP contribution in [0.2, 0.25) is 0 Å². The maximum Gasteiger partial charge on any atom is 0.240 e. The second-order valence-electron chi connectivity index (χ2n) is 6.57. The van der Waals surface area contributed by atoms with Gasteiger partial charge in [0.15, 0.2) is 5.82 Å². The molecule has 0 saturated carbocycles. The largest absolute Gasteiger partial charge is 0.381 e. The quantitative estimate of drug-likeness (QED) is 0.868. The van der Waals surface area contributed by atoms with Gasteiger partial charge < -0.3 is 9.26 Å². The number of piperidine rings is 1.